The summed E-state index contributed by atoms with van der Waals surface area (Å²) in [6.07, 6.45) is -0.638. The van der Waals surface area contributed by atoms with Crippen LogP contribution in [0, 0.1) is 11.3 Å². The van der Waals surface area contributed by atoms with E-state index in [0.717, 1.165) is 0 Å². The first-order valence-corrected chi connectivity index (χ1v) is 4.92. The third kappa shape index (κ3) is 3.74. The number of aromatic nitrogens is 1. The molecule has 0 bridgehead atoms. The lowest BCUT2D eigenvalue weighted by atomic mass is 10.0. The second-order valence-electron chi connectivity index (χ2n) is 3.34. The zero-order valence-electron chi connectivity index (χ0n) is 8.93. The van der Waals surface area contributed by atoms with Crippen LogP contribution in [0.4, 0.5) is 0 Å². The molecular formula is C10H11N5O2. The van der Waals surface area contributed by atoms with Crippen LogP contribution in [0.15, 0.2) is 23.4 Å². The van der Waals surface area contributed by atoms with Gasteiger partial charge in [0.2, 0.25) is 0 Å². The Labute approximate surface area is 97.6 Å². The molecule has 2 atom stereocenters. The van der Waals surface area contributed by atoms with Crippen LogP contribution in [0.5, 0.6) is 0 Å². The van der Waals surface area contributed by atoms with Crippen molar-refractivity contribution in [2.75, 3.05) is 6.54 Å². The Morgan fingerprint density at radius 2 is 2.35 bits per heavy atom. The maximum atomic E-state index is 9.79. The summed E-state index contributed by atoms with van der Waals surface area (Å²) in [5.74, 6) is 0. The topological polar surface area (TPSA) is 126 Å². The Balaban J connectivity index is 2.70. The third-order valence-corrected chi connectivity index (χ3v) is 2.19. The van der Waals surface area contributed by atoms with Crippen molar-refractivity contribution in [3.8, 4) is 6.07 Å². The van der Waals surface area contributed by atoms with Gasteiger partial charge in [0.15, 0.2) is 0 Å². The Morgan fingerprint density at radius 3 is 3.00 bits per heavy atom. The van der Waals surface area contributed by atoms with Gasteiger partial charge in [0.05, 0.1) is 6.10 Å². The van der Waals surface area contributed by atoms with Crippen LogP contribution in [-0.2, 0) is 0 Å². The van der Waals surface area contributed by atoms with Crippen molar-refractivity contribution in [1.29, 1.82) is 5.26 Å². The summed E-state index contributed by atoms with van der Waals surface area (Å²) in [5.41, 5.74) is 8.65. The van der Waals surface area contributed by atoms with Gasteiger partial charge in [-0.25, -0.2) is 4.98 Å². The van der Waals surface area contributed by atoms with Crippen LogP contribution in [0.3, 0.4) is 0 Å². The zero-order valence-corrected chi connectivity index (χ0v) is 8.93. The Kier molecular flexibility index (Phi) is 4.91. The first-order chi connectivity index (χ1) is 8.19. The SMILES string of the molecule is N#Cc1cc(C(O)C(O)CCN=[N+]=[N-])ccn1. The van der Waals surface area contributed by atoms with Crippen molar-refractivity contribution in [2.45, 2.75) is 18.6 Å². The Morgan fingerprint density at radius 1 is 1.59 bits per heavy atom. The zero-order chi connectivity index (χ0) is 12.7. The molecule has 1 aromatic heterocycles. The second kappa shape index (κ2) is 6.45. The van der Waals surface area contributed by atoms with Gasteiger partial charge in [-0.2, -0.15) is 5.26 Å². The number of aliphatic hydroxyl groups is 2. The summed E-state index contributed by atoms with van der Waals surface area (Å²) in [5, 5.41) is 31.3. The largest absolute Gasteiger partial charge is 0.390 e. The average Bonchev–Trinajstić information content (AvgIpc) is 2.38. The molecule has 88 valence electrons. The third-order valence-electron chi connectivity index (χ3n) is 2.19. The van der Waals surface area contributed by atoms with Gasteiger partial charge in [-0.05, 0) is 29.6 Å². The van der Waals surface area contributed by atoms with Crippen LogP contribution < -0.4 is 0 Å². The lowest BCUT2D eigenvalue weighted by Crippen LogP contribution is -2.19. The molecule has 0 saturated carbocycles. The maximum absolute atomic E-state index is 9.79. The molecule has 0 radical (unpaired) electrons. The fourth-order valence-corrected chi connectivity index (χ4v) is 1.31. The highest BCUT2D eigenvalue weighted by Gasteiger charge is 2.18. The quantitative estimate of drug-likeness (QED) is 0.447. The predicted octanol–water partition coefficient (Wildman–Crippen LogP) is 1.05. The number of azide groups is 1. The fourth-order valence-electron chi connectivity index (χ4n) is 1.31. The van der Waals surface area contributed by atoms with Gasteiger partial charge in [0.1, 0.15) is 17.9 Å². The van der Waals surface area contributed by atoms with E-state index in [1.807, 2.05) is 6.07 Å². The molecule has 2 N–H and O–H groups in total. The Bertz CT molecular complexity index is 464. The normalized spacial score (nSPS) is 13.2. The number of aliphatic hydroxyl groups excluding tert-OH is 2. The monoisotopic (exact) mass is 233 g/mol. The Hall–Kier alpha value is -2.13. The van der Waals surface area contributed by atoms with Crippen LogP contribution >= 0.6 is 0 Å². The van der Waals surface area contributed by atoms with E-state index >= 15 is 0 Å². The summed E-state index contributed by atoms with van der Waals surface area (Å²) in [4.78, 5) is 6.30. The predicted molar refractivity (Wildman–Crippen MR) is 58.5 cm³/mol. The average molecular weight is 233 g/mol. The molecule has 0 amide bonds. The number of rotatable bonds is 5. The molecule has 0 aliphatic heterocycles. The van der Waals surface area contributed by atoms with Crippen LogP contribution in [0.1, 0.15) is 23.8 Å². The molecule has 7 nitrogen and oxygen atoms in total. The molecule has 2 unspecified atom stereocenters. The highest BCUT2D eigenvalue weighted by atomic mass is 16.3. The molecule has 1 heterocycles. The van der Waals surface area contributed by atoms with Crippen LogP contribution in [-0.4, -0.2) is 27.8 Å². The fraction of sp³-hybridized carbons (Fsp3) is 0.400. The maximum Gasteiger partial charge on any atom is 0.140 e. The van der Waals surface area contributed by atoms with Gasteiger partial charge in [-0.1, -0.05) is 5.11 Å². The number of hydrogen-bond donors (Lipinski definition) is 2. The van der Waals surface area contributed by atoms with Gasteiger partial charge in [0.25, 0.3) is 0 Å². The van der Waals surface area contributed by atoms with Gasteiger partial charge in [-0.3, -0.25) is 0 Å². The second-order valence-corrected chi connectivity index (χ2v) is 3.34. The van der Waals surface area contributed by atoms with Crippen LogP contribution in [0.25, 0.3) is 10.4 Å². The summed E-state index contributed by atoms with van der Waals surface area (Å²) in [6, 6.07) is 4.76. The van der Waals surface area contributed by atoms with E-state index in [2.05, 4.69) is 15.0 Å². The van der Waals surface area contributed by atoms with E-state index in [1.165, 1.54) is 18.3 Å². The molecule has 0 aromatic carbocycles. The van der Waals surface area contributed by atoms with E-state index in [-0.39, 0.29) is 18.7 Å². The minimum Gasteiger partial charge on any atom is -0.390 e. The molecule has 7 heteroatoms. The number of pyridine rings is 1. The molecule has 17 heavy (non-hydrogen) atoms. The molecule has 0 spiro atoms. The van der Waals surface area contributed by atoms with Gasteiger partial charge in [0, 0.05) is 17.7 Å². The number of nitrogens with zero attached hydrogens (tertiary/aromatic N) is 5. The van der Waals surface area contributed by atoms with E-state index in [4.69, 9.17) is 10.8 Å². The van der Waals surface area contributed by atoms with Crippen molar-refractivity contribution in [2.24, 2.45) is 5.11 Å². The number of nitriles is 1. The first kappa shape index (κ1) is 12.9. The van der Waals surface area contributed by atoms with E-state index in [9.17, 15) is 10.2 Å². The molecule has 1 rings (SSSR count). The molecule has 0 fully saturated rings. The minimum atomic E-state index is -1.13. The molecule has 0 aliphatic rings. The van der Waals surface area contributed by atoms with Gasteiger partial charge < -0.3 is 10.2 Å². The summed E-state index contributed by atoms with van der Waals surface area (Å²) in [7, 11) is 0. The van der Waals surface area contributed by atoms with Crippen LogP contribution in [0.2, 0.25) is 0 Å². The van der Waals surface area contributed by atoms with E-state index < -0.39 is 12.2 Å². The van der Waals surface area contributed by atoms with Gasteiger partial charge in [-0.15, -0.1) is 0 Å². The van der Waals surface area contributed by atoms with Gasteiger partial charge >= 0.3 is 0 Å². The van der Waals surface area contributed by atoms with Crippen molar-refractivity contribution in [3.05, 3.63) is 40.0 Å². The first-order valence-electron chi connectivity index (χ1n) is 4.92. The van der Waals surface area contributed by atoms with Crippen molar-refractivity contribution in [3.63, 3.8) is 0 Å². The van der Waals surface area contributed by atoms with Crippen molar-refractivity contribution in [1.82, 2.24) is 4.98 Å². The minimum absolute atomic E-state index is 0.102. The highest BCUT2D eigenvalue weighted by molar-refractivity contribution is 5.27. The standard InChI is InChI=1S/C10H11N5O2/c11-6-8-5-7(1-3-13-8)10(17)9(16)2-4-14-15-12/h1,3,5,9-10,16-17H,2,4H2. The molecule has 0 saturated heterocycles. The molecular weight excluding hydrogens is 222 g/mol. The number of hydrogen-bond acceptors (Lipinski definition) is 5. The smallest absolute Gasteiger partial charge is 0.140 e. The lowest BCUT2D eigenvalue weighted by Gasteiger charge is -2.17. The molecule has 0 aliphatic carbocycles. The van der Waals surface area contributed by atoms with Crippen molar-refractivity contribution < 1.29 is 10.2 Å². The van der Waals surface area contributed by atoms with Crippen molar-refractivity contribution >= 4 is 0 Å². The summed E-state index contributed by atoms with van der Waals surface area (Å²) >= 11 is 0. The summed E-state index contributed by atoms with van der Waals surface area (Å²) < 4.78 is 0. The highest BCUT2D eigenvalue weighted by Crippen LogP contribution is 2.19. The summed E-state index contributed by atoms with van der Waals surface area (Å²) in [6.45, 7) is 0.102. The van der Waals surface area contributed by atoms with E-state index in [0.29, 0.717) is 5.56 Å². The van der Waals surface area contributed by atoms with E-state index in [1.54, 1.807) is 0 Å². The lowest BCUT2D eigenvalue weighted by molar-refractivity contribution is 0.0150. The molecule has 1 aromatic rings.